The zero-order valence-corrected chi connectivity index (χ0v) is 10.3. The Morgan fingerprint density at radius 2 is 1.56 bits per heavy atom. The second-order valence-electron chi connectivity index (χ2n) is 4.51. The van der Waals surface area contributed by atoms with E-state index in [1.807, 2.05) is 42.5 Å². The van der Waals surface area contributed by atoms with Gasteiger partial charge in [0.2, 0.25) is 0 Å². The highest BCUT2D eigenvalue weighted by Gasteiger charge is 2.11. The molecule has 1 N–H and O–H groups in total. The lowest BCUT2D eigenvalue weighted by molar-refractivity contribution is -0.141. The van der Waals surface area contributed by atoms with Gasteiger partial charge in [0.15, 0.2) is 0 Å². The highest BCUT2D eigenvalue weighted by atomic mass is 16.4. The minimum Gasteiger partial charge on any atom is -0.481 e. The van der Waals surface area contributed by atoms with Crippen molar-refractivity contribution in [2.45, 2.75) is 13.3 Å². The van der Waals surface area contributed by atoms with Gasteiger partial charge in [0.1, 0.15) is 0 Å². The van der Waals surface area contributed by atoms with Gasteiger partial charge in [-0.1, -0.05) is 61.5 Å². The number of carboxylic acid groups (broad SMARTS) is 1. The maximum absolute atomic E-state index is 10.8. The van der Waals surface area contributed by atoms with Gasteiger partial charge in [-0.05, 0) is 23.1 Å². The van der Waals surface area contributed by atoms with Gasteiger partial charge in [0, 0.05) is 0 Å². The summed E-state index contributed by atoms with van der Waals surface area (Å²) in [5, 5.41) is 8.88. The molecule has 2 nitrogen and oxygen atoms in total. The standard InChI is InChI=1S/C16H16O2/c1-12(16(17)18)11-13-7-9-15(10-8-13)14-5-3-2-4-6-14/h2-10,12H,11H2,1H3,(H,17,18). The Labute approximate surface area is 107 Å². The van der Waals surface area contributed by atoms with E-state index in [1.165, 1.54) is 5.56 Å². The fourth-order valence-corrected chi connectivity index (χ4v) is 1.90. The summed E-state index contributed by atoms with van der Waals surface area (Å²) >= 11 is 0. The number of rotatable bonds is 4. The van der Waals surface area contributed by atoms with Crippen LogP contribution in [0.5, 0.6) is 0 Å². The summed E-state index contributed by atoms with van der Waals surface area (Å²) in [6.45, 7) is 1.73. The van der Waals surface area contributed by atoms with Crippen molar-refractivity contribution < 1.29 is 9.90 Å². The molecule has 92 valence electrons. The second-order valence-corrected chi connectivity index (χ2v) is 4.51. The minimum absolute atomic E-state index is 0.340. The van der Waals surface area contributed by atoms with E-state index in [0.29, 0.717) is 6.42 Å². The Morgan fingerprint density at radius 1 is 1.00 bits per heavy atom. The predicted octanol–water partition coefficient (Wildman–Crippen LogP) is 3.62. The van der Waals surface area contributed by atoms with Crippen molar-refractivity contribution in [2.75, 3.05) is 0 Å². The molecule has 18 heavy (non-hydrogen) atoms. The Morgan fingerprint density at radius 3 is 2.11 bits per heavy atom. The number of hydrogen-bond acceptors (Lipinski definition) is 1. The van der Waals surface area contributed by atoms with E-state index in [4.69, 9.17) is 5.11 Å². The molecule has 0 spiro atoms. The Hall–Kier alpha value is -2.09. The molecular formula is C16H16O2. The maximum Gasteiger partial charge on any atom is 0.306 e. The van der Waals surface area contributed by atoms with Crippen LogP contribution in [0.2, 0.25) is 0 Å². The molecule has 0 fully saturated rings. The van der Waals surface area contributed by atoms with Gasteiger partial charge >= 0.3 is 5.97 Å². The molecule has 0 aliphatic heterocycles. The molecule has 0 aromatic heterocycles. The number of hydrogen-bond donors (Lipinski definition) is 1. The summed E-state index contributed by atoms with van der Waals surface area (Å²) in [6, 6.07) is 18.2. The minimum atomic E-state index is -0.748. The number of carboxylic acids is 1. The highest BCUT2D eigenvalue weighted by molar-refractivity contribution is 5.70. The van der Waals surface area contributed by atoms with E-state index in [9.17, 15) is 4.79 Å². The molecular weight excluding hydrogens is 224 g/mol. The van der Waals surface area contributed by atoms with Crippen molar-refractivity contribution in [3.05, 3.63) is 60.2 Å². The van der Waals surface area contributed by atoms with Gasteiger partial charge in [-0.15, -0.1) is 0 Å². The molecule has 2 heteroatoms. The largest absolute Gasteiger partial charge is 0.481 e. The van der Waals surface area contributed by atoms with Crippen LogP contribution in [0.25, 0.3) is 11.1 Å². The molecule has 0 bridgehead atoms. The average molecular weight is 240 g/mol. The third-order valence-electron chi connectivity index (χ3n) is 3.02. The first-order valence-corrected chi connectivity index (χ1v) is 6.04. The van der Waals surface area contributed by atoms with Gasteiger partial charge in [-0.25, -0.2) is 0 Å². The Kier molecular flexibility index (Phi) is 3.78. The summed E-state index contributed by atoms with van der Waals surface area (Å²) in [4.78, 5) is 10.8. The lowest BCUT2D eigenvalue weighted by Crippen LogP contribution is -2.12. The number of carbonyl (C=O) groups is 1. The Balaban J connectivity index is 2.13. The lowest BCUT2D eigenvalue weighted by Gasteiger charge is -2.07. The molecule has 0 radical (unpaired) electrons. The van der Waals surface area contributed by atoms with Crippen molar-refractivity contribution in [2.24, 2.45) is 5.92 Å². The van der Waals surface area contributed by atoms with Crippen molar-refractivity contribution >= 4 is 5.97 Å². The van der Waals surface area contributed by atoms with Gasteiger partial charge in [0.05, 0.1) is 5.92 Å². The van der Waals surface area contributed by atoms with Gasteiger partial charge in [-0.3, -0.25) is 4.79 Å². The fraction of sp³-hybridized carbons (Fsp3) is 0.188. The van der Waals surface area contributed by atoms with Crippen molar-refractivity contribution in [1.82, 2.24) is 0 Å². The van der Waals surface area contributed by atoms with Gasteiger partial charge < -0.3 is 5.11 Å². The van der Waals surface area contributed by atoms with E-state index in [2.05, 4.69) is 12.1 Å². The maximum atomic E-state index is 10.8. The van der Waals surface area contributed by atoms with Crippen LogP contribution in [-0.2, 0) is 11.2 Å². The lowest BCUT2D eigenvalue weighted by atomic mass is 9.98. The van der Waals surface area contributed by atoms with E-state index in [1.54, 1.807) is 6.92 Å². The molecule has 0 aliphatic rings. The van der Waals surface area contributed by atoms with Crippen LogP contribution in [0.1, 0.15) is 12.5 Å². The number of aliphatic carboxylic acids is 1. The van der Waals surface area contributed by atoms with Crippen LogP contribution in [0.15, 0.2) is 54.6 Å². The second kappa shape index (κ2) is 5.50. The monoisotopic (exact) mass is 240 g/mol. The third kappa shape index (κ3) is 2.98. The van der Waals surface area contributed by atoms with E-state index in [-0.39, 0.29) is 5.92 Å². The third-order valence-corrected chi connectivity index (χ3v) is 3.02. The molecule has 2 aromatic rings. The van der Waals surface area contributed by atoms with E-state index in [0.717, 1.165) is 11.1 Å². The molecule has 0 saturated carbocycles. The quantitative estimate of drug-likeness (QED) is 0.886. The average Bonchev–Trinajstić information content (AvgIpc) is 2.40. The van der Waals surface area contributed by atoms with E-state index >= 15 is 0 Å². The topological polar surface area (TPSA) is 37.3 Å². The molecule has 0 amide bonds. The predicted molar refractivity (Wildman–Crippen MR) is 72.4 cm³/mol. The fourth-order valence-electron chi connectivity index (χ4n) is 1.90. The van der Waals surface area contributed by atoms with Crippen molar-refractivity contribution in [3.63, 3.8) is 0 Å². The highest BCUT2D eigenvalue weighted by Crippen LogP contribution is 2.20. The van der Waals surface area contributed by atoms with Crippen LogP contribution in [-0.4, -0.2) is 11.1 Å². The summed E-state index contributed by atoms with van der Waals surface area (Å²) in [7, 11) is 0. The number of benzene rings is 2. The first-order valence-electron chi connectivity index (χ1n) is 6.04. The molecule has 0 aliphatic carbocycles. The van der Waals surface area contributed by atoms with Crippen molar-refractivity contribution in [3.8, 4) is 11.1 Å². The molecule has 0 saturated heterocycles. The summed E-state index contributed by atoms with van der Waals surface area (Å²) in [5.74, 6) is -1.09. The molecule has 2 aromatic carbocycles. The molecule has 2 rings (SSSR count). The first-order chi connectivity index (χ1) is 8.66. The zero-order valence-electron chi connectivity index (χ0n) is 10.3. The zero-order chi connectivity index (χ0) is 13.0. The van der Waals surface area contributed by atoms with Gasteiger partial charge in [-0.2, -0.15) is 0 Å². The SMILES string of the molecule is CC(Cc1ccc(-c2ccccc2)cc1)C(=O)O. The summed E-state index contributed by atoms with van der Waals surface area (Å²) in [5.41, 5.74) is 3.39. The van der Waals surface area contributed by atoms with Crippen LogP contribution >= 0.6 is 0 Å². The van der Waals surface area contributed by atoms with Crippen LogP contribution in [0.3, 0.4) is 0 Å². The van der Waals surface area contributed by atoms with E-state index < -0.39 is 5.97 Å². The smallest absolute Gasteiger partial charge is 0.306 e. The first kappa shape index (κ1) is 12.4. The van der Waals surface area contributed by atoms with Crippen molar-refractivity contribution in [1.29, 1.82) is 0 Å². The molecule has 1 unspecified atom stereocenters. The summed E-state index contributed by atoms with van der Waals surface area (Å²) in [6.07, 6.45) is 0.574. The molecule has 0 heterocycles. The van der Waals surface area contributed by atoms with Crippen LogP contribution in [0, 0.1) is 5.92 Å². The Bertz CT molecular complexity index is 515. The van der Waals surface area contributed by atoms with Gasteiger partial charge in [0.25, 0.3) is 0 Å². The molecule has 1 atom stereocenters. The summed E-state index contributed by atoms with van der Waals surface area (Å²) < 4.78 is 0. The normalized spacial score (nSPS) is 12.1. The van der Waals surface area contributed by atoms with Crippen LogP contribution < -0.4 is 0 Å². The van der Waals surface area contributed by atoms with Crippen LogP contribution in [0.4, 0.5) is 0 Å².